The van der Waals surface area contributed by atoms with Crippen molar-refractivity contribution in [1.29, 1.82) is 0 Å². The number of amides is 1. The van der Waals surface area contributed by atoms with E-state index in [1.54, 1.807) is 12.1 Å². The maximum atomic E-state index is 12.4. The highest BCUT2D eigenvalue weighted by Crippen LogP contribution is 2.32. The van der Waals surface area contributed by atoms with E-state index < -0.39 is 0 Å². The molecule has 7 heteroatoms. The average molecular weight is 332 g/mol. The standard InChI is InChI=1S/C14H19Cl2N3O2/c1-8(19(2)10-3-4-21-7-10)14(20)18-13-11(16)5-9(15)6-12(13)17/h5-6,8,10H,3-4,7,17H2,1-2H3,(H,18,20). The van der Waals surface area contributed by atoms with Gasteiger partial charge in [0, 0.05) is 17.7 Å². The Hall–Kier alpha value is -1.01. The summed E-state index contributed by atoms with van der Waals surface area (Å²) in [5.74, 6) is -0.166. The Bertz CT molecular complexity index is 510. The second-order valence-corrected chi connectivity index (χ2v) is 6.04. The number of carbonyl (C=O) groups excluding carboxylic acids is 1. The molecular weight excluding hydrogens is 313 g/mol. The number of nitrogen functional groups attached to an aromatic ring is 1. The SMILES string of the molecule is CC(C(=O)Nc1c(N)cc(Cl)cc1Cl)N(C)C1CCOC1. The third-order valence-electron chi connectivity index (χ3n) is 3.81. The number of rotatable bonds is 4. The first-order chi connectivity index (χ1) is 9.90. The summed E-state index contributed by atoms with van der Waals surface area (Å²) in [4.78, 5) is 14.4. The molecule has 2 unspecified atom stereocenters. The predicted molar refractivity (Wildman–Crippen MR) is 86.0 cm³/mol. The highest BCUT2D eigenvalue weighted by molar-refractivity contribution is 6.37. The molecule has 0 bridgehead atoms. The summed E-state index contributed by atoms with van der Waals surface area (Å²) in [6.45, 7) is 3.23. The van der Waals surface area contributed by atoms with Gasteiger partial charge in [-0.15, -0.1) is 0 Å². The van der Waals surface area contributed by atoms with Gasteiger partial charge in [0.05, 0.1) is 29.0 Å². The van der Waals surface area contributed by atoms with Crippen LogP contribution in [-0.2, 0) is 9.53 Å². The first kappa shape index (κ1) is 16.4. The minimum atomic E-state index is -0.317. The Kier molecular flexibility index (Phi) is 5.32. The summed E-state index contributed by atoms with van der Waals surface area (Å²) in [6.07, 6.45) is 0.929. The van der Waals surface area contributed by atoms with Crippen molar-refractivity contribution in [1.82, 2.24) is 4.90 Å². The Morgan fingerprint density at radius 2 is 2.24 bits per heavy atom. The van der Waals surface area contributed by atoms with Crippen molar-refractivity contribution >= 4 is 40.5 Å². The van der Waals surface area contributed by atoms with E-state index in [4.69, 9.17) is 33.7 Å². The molecular formula is C14H19Cl2N3O2. The van der Waals surface area contributed by atoms with Crippen LogP contribution in [0.15, 0.2) is 12.1 Å². The van der Waals surface area contributed by atoms with E-state index in [0.717, 1.165) is 13.0 Å². The molecule has 5 nitrogen and oxygen atoms in total. The number of nitrogens with zero attached hydrogens (tertiary/aromatic N) is 1. The second kappa shape index (κ2) is 6.83. The largest absolute Gasteiger partial charge is 0.397 e. The lowest BCUT2D eigenvalue weighted by atomic mass is 10.1. The minimum Gasteiger partial charge on any atom is -0.397 e. The van der Waals surface area contributed by atoms with Gasteiger partial charge in [-0.2, -0.15) is 0 Å². The van der Waals surface area contributed by atoms with Crippen LogP contribution in [0.5, 0.6) is 0 Å². The number of likely N-dealkylation sites (N-methyl/N-ethyl adjacent to an activating group) is 1. The van der Waals surface area contributed by atoms with Crippen LogP contribution in [0, 0.1) is 0 Å². The summed E-state index contributed by atoms with van der Waals surface area (Å²) in [7, 11) is 1.91. The molecule has 0 radical (unpaired) electrons. The van der Waals surface area contributed by atoms with E-state index in [0.29, 0.717) is 28.0 Å². The number of ether oxygens (including phenoxy) is 1. The van der Waals surface area contributed by atoms with E-state index >= 15 is 0 Å². The molecule has 21 heavy (non-hydrogen) atoms. The van der Waals surface area contributed by atoms with Gasteiger partial charge in [0.15, 0.2) is 0 Å². The van der Waals surface area contributed by atoms with E-state index in [1.807, 2.05) is 18.9 Å². The molecule has 2 rings (SSSR count). The van der Waals surface area contributed by atoms with Crippen LogP contribution in [0.1, 0.15) is 13.3 Å². The second-order valence-electron chi connectivity index (χ2n) is 5.20. The van der Waals surface area contributed by atoms with Crippen molar-refractivity contribution in [2.24, 2.45) is 0 Å². The van der Waals surface area contributed by atoms with Crippen molar-refractivity contribution in [3.8, 4) is 0 Å². The number of carbonyl (C=O) groups is 1. The Labute approximate surface area is 134 Å². The minimum absolute atomic E-state index is 0.166. The summed E-state index contributed by atoms with van der Waals surface area (Å²) >= 11 is 11.9. The van der Waals surface area contributed by atoms with Crippen molar-refractivity contribution < 1.29 is 9.53 Å². The number of hydrogen-bond donors (Lipinski definition) is 2. The molecule has 1 saturated heterocycles. The summed E-state index contributed by atoms with van der Waals surface area (Å²) in [5.41, 5.74) is 6.60. The van der Waals surface area contributed by atoms with Gasteiger partial charge in [-0.25, -0.2) is 0 Å². The highest BCUT2D eigenvalue weighted by Gasteiger charge is 2.28. The van der Waals surface area contributed by atoms with Gasteiger partial charge in [-0.1, -0.05) is 23.2 Å². The molecule has 1 fully saturated rings. The van der Waals surface area contributed by atoms with Gasteiger partial charge >= 0.3 is 0 Å². The lowest BCUT2D eigenvalue weighted by Crippen LogP contribution is -2.45. The van der Waals surface area contributed by atoms with Crippen LogP contribution >= 0.6 is 23.2 Å². The van der Waals surface area contributed by atoms with Crippen LogP contribution in [-0.4, -0.2) is 43.2 Å². The lowest BCUT2D eigenvalue weighted by Gasteiger charge is -2.28. The molecule has 116 valence electrons. The van der Waals surface area contributed by atoms with Crippen molar-refractivity contribution in [3.63, 3.8) is 0 Å². The van der Waals surface area contributed by atoms with Crippen LogP contribution in [0.25, 0.3) is 0 Å². The average Bonchev–Trinajstić information content (AvgIpc) is 2.94. The van der Waals surface area contributed by atoms with Gasteiger partial charge in [-0.3, -0.25) is 9.69 Å². The Morgan fingerprint density at radius 3 is 2.81 bits per heavy atom. The fraction of sp³-hybridized carbons (Fsp3) is 0.500. The molecule has 0 spiro atoms. The fourth-order valence-electron chi connectivity index (χ4n) is 2.30. The number of benzene rings is 1. The fourth-order valence-corrected chi connectivity index (χ4v) is 2.85. The lowest BCUT2D eigenvalue weighted by molar-refractivity contribution is -0.121. The first-order valence-electron chi connectivity index (χ1n) is 6.75. The van der Waals surface area contributed by atoms with Gasteiger partial charge in [0.2, 0.25) is 5.91 Å². The van der Waals surface area contributed by atoms with Crippen molar-refractivity contribution in [2.45, 2.75) is 25.4 Å². The Balaban J connectivity index is 2.07. The van der Waals surface area contributed by atoms with Crippen LogP contribution in [0.2, 0.25) is 10.0 Å². The molecule has 0 saturated carbocycles. The van der Waals surface area contributed by atoms with Crippen LogP contribution < -0.4 is 11.1 Å². The van der Waals surface area contributed by atoms with Gasteiger partial charge in [0.1, 0.15) is 0 Å². The molecule has 1 aromatic rings. The number of nitrogens with one attached hydrogen (secondary N) is 1. The van der Waals surface area contributed by atoms with E-state index in [9.17, 15) is 4.79 Å². The molecule has 0 aromatic heterocycles. The van der Waals surface area contributed by atoms with Gasteiger partial charge in [0.25, 0.3) is 0 Å². The smallest absolute Gasteiger partial charge is 0.241 e. The van der Waals surface area contributed by atoms with Gasteiger partial charge in [-0.05, 0) is 32.5 Å². The third kappa shape index (κ3) is 3.80. The summed E-state index contributed by atoms with van der Waals surface area (Å²) < 4.78 is 5.35. The van der Waals surface area contributed by atoms with Crippen molar-refractivity contribution in [2.75, 3.05) is 31.3 Å². The zero-order valence-electron chi connectivity index (χ0n) is 12.0. The van der Waals surface area contributed by atoms with E-state index in [2.05, 4.69) is 5.32 Å². The summed E-state index contributed by atoms with van der Waals surface area (Å²) in [5, 5.41) is 3.53. The number of anilines is 2. The molecule has 1 amide bonds. The molecule has 1 aromatic carbocycles. The molecule has 1 heterocycles. The van der Waals surface area contributed by atoms with Crippen molar-refractivity contribution in [3.05, 3.63) is 22.2 Å². The highest BCUT2D eigenvalue weighted by atomic mass is 35.5. The summed E-state index contributed by atoms with van der Waals surface area (Å²) in [6, 6.07) is 3.04. The van der Waals surface area contributed by atoms with E-state index in [-0.39, 0.29) is 18.0 Å². The number of nitrogens with two attached hydrogens (primary N) is 1. The normalized spacial score (nSPS) is 19.8. The molecule has 2 atom stereocenters. The number of halogens is 2. The first-order valence-corrected chi connectivity index (χ1v) is 7.50. The van der Waals surface area contributed by atoms with Crippen LogP contribution in [0.3, 0.4) is 0 Å². The molecule has 1 aliphatic rings. The molecule has 3 N–H and O–H groups in total. The molecule has 1 aliphatic heterocycles. The number of hydrogen-bond acceptors (Lipinski definition) is 4. The third-order valence-corrected chi connectivity index (χ3v) is 4.32. The maximum Gasteiger partial charge on any atom is 0.241 e. The Morgan fingerprint density at radius 1 is 1.52 bits per heavy atom. The predicted octanol–water partition coefficient (Wildman–Crippen LogP) is 2.62. The topological polar surface area (TPSA) is 67.6 Å². The maximum absolute atomic E-state index is 12.4. The van der Waals surface area contributed by atoms with Gasteiger partial charge < -0.3 is 15.8 Å². The quantitative estimate of drug-likeness (QED) is 0.832. The zero-order valence-corrected chi connectivity index (χ0v) is 13.5. The zero-order chi connectivity index (χ0) is 15.6. The monoisotopic (exact) mass is 331 g/mol. The molecule has 0 aliphatic carbocycles. The van der Waals surface area contributed by atoms with E-state index in [1.165, 1.54) is 0 Å². The van der Waals surface area contributed by atoms with Crippen LogP contribution in [0.4, 0.5) is 11.4 Å².